The topological polar surface area (TPSA) is 51.5 Å². The van der Waals surface area contributed by atoms with Crippen molar-refractivity contribution in [1.29, 1.82) is 0 Å². The van der Waals surface area contributed by atoms with Crippen LogP contribution in [0.4, 0.5) is 0 Å². The zero-order valence-electron chi connectivity index (χ0n) is 13.3. The summed E-state index contributed by atoms with van der Waals surface area (Å²) in [6.45, 7) is 5.91. The Bertz CT molecular complexity index is 889. The molecule has 1 N–H and O–H groups in total. The third-order valence-corrected chi connectivity index (χ3v) is 3.60. The lowest BCUT2D eigenvalue weighted by molar-refractivity contribution is 0.309. The van der Waals surface area contributed by atoms with E-state index in [0.717, 1.165) is 19.5 Å². The van der Waals surface area contributed by atoms with Crippen molar-refractivity contribution in [2.24, 2.45) is 0 Å². The normalized spacial score (nSPS) is 10.5. The van der Waals surface area contributed by atoms with Crippen molar-refractivity contribution in [2.45, 2.75) is 6.42 Å². The van der Waals surface area contributed by atoms with Gasteiger partial charge in [-0.05, 0) is 43.3 Å². The SMILES string of the molecule is C=CCNCCCOc1ccc2oc3ccccc3c(=O)c2c1.Cl. The summed E-state index contributed by atoms with van der Waals surface area (Å²) in [6, 6.07) is 12.6. The van der Waals surface area contributed by atoms with E-state index in [4.69, 9.17) is 9.15 Å². The minimum atomic E-state index is -0.0278. The summed E-state index contributed by atoms with van der Waals surface area (Å²) in [7, 11) is 0. The summed E-state index contributed by atoms with van der Waals surface area (Å²) in [4.78, 5) is 12.6. The van der Waals surface area contributed by atoms with Gasteiger partial charge in [0, 0.05) is 6.54 Å². The van der Waals surface area contributed by atoms with E-state index < -0.39 is 0 Å². The zero-order valence-corrected chi connectivity index (χ0v) is 14.1. The van der Waals surface area contributed by atoms with Gasteiger partial charge >= 0.3 is 0 Å². The molecule has 24 heavy (non-hydrogen) atoms. The molecule has 3 rings (SSSR count). The zero-order chi connectivity index (χ0) is 16.1. The highest BCUT2D eigenvalue weighted by Crippen LogP contribution is 2.22. The summed E-state index contributed by atoms with van der Waals surface area (Å²) >= 11 is 0. The van der Waals surface area contributed by atoms with E-state index in [1.807, 2.05) is 24.3 Å². The summed E-state index contributed by atoms with van der Waals surface area (Å²) in [6.07, 6.45) is 2.71. The number of hydrogen-bond acceptors (Lipinski definition) is 4. The maximum Gasteiger partial charge on any atom is 0.200 e. The monoisotopic (exact) mass is 345 g/mol. The van der Waals surface area contributed by atoms with E-state index >= 15 is 0 Å². The highest BCUT2D eigenvalue weighted by molar-refractivity contribution is 5.90. The van der Waals surface area contributed by atoms with Crippen molar-refractivity contribution >= 4 is 34.3 Å². The molecular weight excluding hydrogens is 326 g/mol. The fourth-order valence-corrected chi connectivity index (χ4v) is 2.46. The van der Waals surface area contributed by atoms with Crippen LogP contribution in [0.3, 0.4) is 0 Å². The third kappa shape index (κ3) is 3.96. The van der Waals surface area contributed by atoms with Crippen molar-refractivity contribution in [3.63, 3.8) is 0 Å². The third-order valence-electron chi connectivity index (χ3n) is 3.60. The summed E-state index contributed by atoms with van der Waals surface area (Å²) in [5.41, 5.74) is 1.15. The molecule has 0 atom stereocenters. The van der Waals surface area contributed by atoms with Crippen LogP contribution in [0.5, 0.6) is 5.75 Å². The summed E-state index contributed by atoms with van der Waals surface area (Å²) in [5.74, 6) is 0.684. The van der Waals surface area contributed by atoms with Gasteiger partial charge < -0.3 is 14.5 Å². The Morgan fingerprint density at radius 1 is 1.12 bits per heavy atom. The number of benzene rings is 2. The Balaban J connectivity index is 0.00000208. The largest absolute Gasteiger partial charge is 0.494 e. The first-order valence-corrected chi connectivity index (χ1v) is 7.69. The number of hydrogen-bond donors (Lipinski definition) is 1. The molecule has 0 aliphatic carbocycles. The van der Waals surface area contributed by atoms with Crippen LogP contribution in [-0.4, -0.2) is 19.7 Å². The molecule has 126 valence electrons. The maximum absolute atomic E-state index is 12.6. The molecule has 0 aliphatic heterocycles. The average Bonchev–Trinajstić information content (AvgIpc) is 2.59. The Morgan fingerprint density at radius 2 is 1.92 bits per heavy atom. The number of nitrogens with one attached hydrogen (secondary N) is 1. The molecule has 1 heterocycles. The van der Waals surface area contributed by atoms with Crippen LogP contribution in [0, 0.1) is 0 Å². The van der Waals surface area contributed by atoms with E-state index in [1.165, 1.54) is 0 Å². The number of rotatable bonds is 7. The number of halogens is 1. The fraction of sp³-hybridized carbons (Fsp3) is 0.211. The molecule has 5 heteroatoms. The molecular formula is C19H20ClNO3. The Kier molecular flexibility index (Phi) is 6.41. The predicted molar refractivity (Wildman–Crippen MR) is 100 cm³/mol. The molecule has 3 aromatic rings. The van der Waals surface area contributed by atoms with Gasteiger partial charge in [0.25, 0.3) is 0 Å². The van der Waals surface area contributed by atoms with E-state index in [1.54, 1.807) is 24.3 Å². The van der Waals surface area contributed by atoms with Gasteiger partial charge in [-0.15, -0.1) is 19.0 Å². The fourth-order valence-electron chi connectivity index (χ4n) is 2.46. The standard InChI is InChI=1S/C19H19NO3.ClH/c1-2-10-20-11-5-12-22-14-8-9-18-16(13-14)19(21)15-6-3-4-7-17(15)23-18;/h2-4,6-9,13,20H,1,5,10-12H2;1H. The van der Waals surface area contributed by atoms with E-state index in [9.17, 15) is 4.79 Å². The van der Waals surface area contributed by atoms with Crippen molar-refractivity contribution < 1.29 is 9.15 Å². The first kappa shape index (κ1) is 18.0. The first-order valence-electron chi connectivity index (χ1n) is 7.69. The van der Waals surface area contributed by atoms with Crippen molar-refractivity contribution in [2.75, 3.05) is 19.7 Å². The van der Waals surface area contributed by atoms with Crippen molar-refractivity contribution in [1.82, 2.24) is 5.32 Å². The average molecular weight is 346 g/mol. The molecule has 0 saturated heterocycles. The predicted octanol–water partition coefficient (Wildman–Crippen LogP) is 3.91. The Labute approximate surface area is 146 Å². The van der Waals surface area contributed by atoms with Crippen LogP contribution in [0.2, 0.25) is 0 Å². The molecule has 0 fully saturated rings. The Hall–Kier alpha value is -2.30. The van der Waals surface area contributed by atoms with Crippen LogP contribution in [0.1, 0.15) is 6.42 Å². The first-order chi connectivity index (χ1) is 11.3. The molecule has 0 radical (unpaired) electrons. The number of para-hydroxylation sites is 1. The van der Waals surface area contributed by atoms with E-state index in [0.29, 0.717) is 34.3 Å². The molecule has 2 aromatic carbocycles. The highest BCUT2D eigenvalue weighted by Gasteiger charge is 2.08. The summed E-state index contributed by atoms with van der Waals surface area (Å²) < 4.78 is 11.5. The highest BCUT2D eigenvalue weighted by atomic mass is 35.5. The number of fused-ring (bicyclic) bond motifs is 2. The van der Waals surface area contributed by atoms with Gasteiger partial charge in [0.2, 0.25) is 5.43 Å². The lowest BCUT2D eigenvalue weighted by Crippen LogP contribution is -2.17. The lowest BCUT2D eigenvalue weighted by Gasteiger charge is -2.08. The molecule has 0 saturated carbocycles. The second kappa shape index (κ2) is 8.52. The molecule has 0 amide bonds. The minimum absolute atomic E-state index is 0. The van der Waals surface area contributed by atoms with Gasteiger partial charge in [-0.1, -0.05) is 18.2 Å². The van der Waals surface area contributed by atoms with Gasteiger partial charge in [-0.25, -0.2) is 0 Å². The molecule has 4 nitrogen and oxygen atoms in total. The van der Waals surface area contributed by atoms with E-state index in [-0.39, 0.29) is 17.8 Å². The van der Waals surface area contributed by atoms with Crippen molar-refractivity contribution in [3.05, 3.63) is 65.3 Å². The molecule has 0 unspecified atom stereocenters. The second-order valence-corrected chi connectivity index (χ2v) is 5.28. The molecule has 0 spiro atoms. The maximum atomic E-state index is 12.6. The van der Waals surface area contributed by atoms with E-state index in [2.05, 4.69) is 11.9 Å². The second-order valence-electron chi connectivity index (χ2n) is 5.28. The van der Waals surface area contributed by atoms with Gasteiger partial charge in [0.15, 0.2) is 0 Å². The summed E-state index contributed by atoms with van der Waals surface area (Å²) in [5, 5.41) is 4.35. The van der Waals surface area contributed by atoms with Gasteiger partial charge in [0.1, 0.15) is 16.9 Å². The Morgan fingerprint density at radius 3 is 2.75 bits per heavy atom. The number of ether oxygens (including phenoxy) is 1. The molecule has 1 aromatic heterocycles. The lowest BCUT2D eigenvalue weighted by atomic mass is 10.1. The van der Waals surface area contributed by atoms with Crippen LogP contribution < -0.4 is 15.5 Å². The van der Waals surface area contributed by atoms with Crippen LogP contribution in [0.15, 0.2) is 64.3 Å². The minimum Gasteiger partial charge on any atom is -0.494 e. The van der Waals surface area contributed by atoms with Crippen LogP contribution in [0.25, 0.3) is 21.9 Å². The van der Waals surface area contributed by atoms with Crippen LogP contribution >= 0.6 is 12.4 Å². The quantitative estimate of drug-likeness (QED) is 0.400. The van der Waals surface area contributed by atoms with Crippen LogP contribution in [-0.2, 0) is 0 Å². The molecule has 0 aliphatic rings. The van der Waals surface area contributed by atoms with Gasteiger partial charge in [-0.2, -0.15) is 0 Å². The van der Waals surface area contributed by atoms with Crippen molar-refractivity contribution in [3.8, 4) is 5.75 Å². The van der Waals surface area contributed by atoms with Gasteiger partial charge in [-0.3, -0.25) is 4.79 Å². The molecule has 0 bridgehead atoms. The smallest absolute Gasteiger partial charge is 0.200 e. The van der Waals surface area contributed by atoms with Gasteiger partial charge in [0.05, 0.1) is 17.4 Å².